The third-order valence-corrected chi connectivity index (χ3v) is 5.60. The van der Waals surface area contributed by atoms with Gasteiger partial charge in [0.05, 0.1) is 0 Å². The normalized spacial score (nSPS) is 11.9. The predicted molar refractivity (Wildman–Crippen MR) is 118 cm³/mol. The van der Waals surface area contributed by atoms with E-state index in [2.05, 4.69) is 39.5 Å². The van der Waals surface area contributed by atoms with Gasteiger partial charge in [-0.05, 0) is 0 Å². The Morgan fingerprint density at radius 2 is 0.846 bits per heavy atom. The Kier molecular flexibility index (Phi) is 15.7. The van der Waals surface area contributed by atoms with Gasteiger partial charge in [0.2, 0.25) is 0 Å². The van der Waals surface area contributed by atoms with E-state index in [0.29, 0.717) is 39.3 Å². The van der Waals surface area contributed by atoms with Crippen LogP contribution in [-0.2, 0) is 0 Å². The van der Waals surface area contributed by atoms with Gasteiger partial charge < -0.3 is 0 Å². The van der Waals surface area contributed by atoms with Crippen molar-refractivity contribution in [1.82, 2.24) is 19.6 Å². The number of hydrogen-bond donors (Lipinski definition) is 2. The van der Waals surface area contributed by atoms with Gasteiger partial charge in [-0.2, -0.15) is 0 Å². The van der Waals surface area contributed by atoms with E-state index >= 15 is 0 Å². The Balaban J connectivity index is 0. The minimum Gasteiger partial charge on any atom is -0.147 e. The molecule has 0 amide bonds. The second-order valence-corrected chi connectivity index (χ2v) is 7.50. The summed E-state index contributed by atoms with van der Waals surface area (Å²) in [5, 5.41) is 3.55. The summed E-state index contributed by atoms with van der Waals surface area (Å²) >= 11 is 0. The molecule has 0 saturated heterocycles. The molecular formula is C18H34ClN4O2P. The van der Waals surface area contributed by atoms with Crippen LogP contribution >= 0.6 is 20.4 Å². The van der Waals surface area contributed by atoms with Crippen molar-refractivity contribution in [3.63, 3.8) is 0 Å². The summed E-state index contributed by atoms with van der Waals surface area (Å²) in [6.07, 6.45) is 10.1. The number of halogens is 1. The second kappa shape index (κ2) is 15.0. The van der Waals surface area contributed by atoms with Crippen LogP contribution in [0.1, 0.15) is 0 Å². The van der Waals surface area contributed by atoms with E-state index in [1.807, 2.05) is 0 Å². The van der Waals surface area contributed by atoms with Gasteiger partial charge in [0.1, 0.15) is 0 Å². The van der Waals surface area contributed by atoms with Gasteiger partial charge >= 0.3 is 153 Å². The number of rotatable bonds is 16. The molecule has 0 fully saturated rings. The van der Waals surface area contributed by atoms with Crippen LogP contribution in [0.3, 0.4) is 0 Å². The molecule has 0 unspecified atom stereocenters. The molecule has 150 valence electrons. The van der Waals surface area contributed by atoms with Crippen LogP contribution in [0.15, 0.2) is 75.9 Å². The first-order valence-corrected chi connectivity index (χ1v) is 9.88. The van der Waals surface area contributed by atoms with E-state index in [9.17, 15) is 9.79 Å². The van der Waals surface area contributed by atoms with E-state index in [4.69, 9.17) is 0 Å². The third-order valence-electron chi connectivity index (χ3n) is 3.29. The summed E-state index contributed by atoms with van der Waals surface area (Å²) in [6.45, 7) is 24.8. The van der Waals surface area contributed by atoms with E-state index < -0.39 is 8.02 Å². The van der Waals surface area contributed by atoms with Gasteiger partial charge in [0, 0.05) is 0 Å². The van der Waals surface area contributed by atoms with Gasteiger partial charge in [0.15, 0.2) is 0 Å². The summed E-state index contributed by atoms with van der Waals surface area (Å²) in [5.74, 6) is 0. The SMILES string of the molecule is C=CCN(CC=C)N(N(CC=C)CC=C)[PH](O)(O)N(CC=C)CC=C.Cl. The molecule has 0 rings (SSSR count). The van der Waals surface area contributed by atoms with Crippen molar-refractivity contribution in [3.05, 3.63) is 75.9 Å². The Morgan fingerprint density at radius 3 is 1.08 bits per heavy atom. The maximum atomic E-state index is 11.2. The molecule has 0 aliphatic heterocycles. The van der Waals surface area contributed by atoms with E-state index in [1.54, 1.807) is 51.1 Å². The van der Waals surface area contributed by atoms with Gasteiger partial charge in [-0.1, -0.05) is 0 Å². The molecule has 6 nitrogen and oxygen atoms in total. The van der Waals surface area contributed by atoms with Crippen molar-refractivity contribution in [2.75, 3.05) is 39.3 Å². The van der Waals surface area contributed by atoms with Crippen LogP contribution in [0, 0.1) is 0 Å². The first-order valence-electron chi connectivity index (χ1n) is 8.09. The van der Waals surface area contributed by atoms with E-state index in [-0.39, 0.29) is 12.4 Å². The van der Waals surface area contributed by atoms with Crippen molar-refractivity contribution in [2.45, 2.75) is 0 Å². The van der Waals surface area contributed by atoms with Crippen molar-refractivity contribution < 1.29 is 9.79 Å². The van der Waals surface area contributed by atoms with Crippen LogP contribution in [0.2, 0.25) is 0 Å². The molecule has 0 aromatic heterocycles. The Hall–Kier alpha value is -1.08. The van der Waals surface area contributed by atoms with Crippen molar-refractivity contribution in [3.8, 4) is 0 Å². The fraction of sp³-hybridized carbons (Fsp3) is 0.333. The molecule has 0 spiro atoms. The largest absolute Gasteiger partial charge is 0.147 e. The summed E-state index contributed by atoms with van der Waals surface area (Å²) in [5.41, 5.74) is 0. The third kappa shape index (κ3) is 8.08. The topological polar surface area (TPSA) is 53.4 Å². The molecule has 0 atom stereocenters. The monoisotopic (exact) mass is 404 g/mol. The quantitative estimate of drug-likeness (QED) is 0.234. The predicted octanol–water partition coefficient (Wildman–Crippen LogP) is 2.96. The molecule has 26 heavy (non-hydrogen) atoms. The zero-order valence-electron chi connectivity index (χ0n) is 15.5. The maximum Gasteiger partial charge on any atom is -0.147 e. The zero-order valence-corrected chi connectivity index (χ0v) is 17.4. The van der Waals surface area contributed by atoms with E-state index in [0.717, 1.165) is 0 Å². The zero-order chi connectivity index (χ0) is 19.3. The molecule has 0 saturated carbocycles. The Labute approximate surface area is 165 Å². The average Bonchev–Trinajstić information content (AvgIpc) is 2.55. The van der Waals surface area contributed by atoms with Crippen LogP contribution in [0.5, 0.6) is 0 Å². The molecule has 0 bridgehead atoms. The molecule has 2 N–H and O–H groups in total. The summed E-state index contributed by atoms with van der Waals surface area (Å²) in [6, 6.07) is 0. The summed E-state index contributed by atoms with van der Waals surface area (Å²) in [7, 11) is -4.09. The molecule has 0 aromatic rings. The first-order chi connectivity index (χ1) is 11.9. The van der Waals surface area contributed by atoms with Gasteiger partial charge in [-0.15, -0.1) is 12.4 Å². The average molecular weight is 405 g/mol. The molecule has 0 heterocycles. The van der Waals surface area contributed by atoms with Crippen LogP contribution in [0.4, 0.5) is 0 Å². The van der Waals surface area contributed by atoms with Crippen LogP contribution in [-0.4, -0.2) is 68.6 Å². The minimum absolute atomic E-state index is 0. The minimum atomic E-state index is -4.09. The number of nitrogens with zero attached hydrogens (tertiary/aromatic N) is 4. The van der Waals surface area contributed by atoms with Gasteiger partial charge in [0.25, 0.3) is 0 Å². The molecule has 0 aliphatic rings. The Bertz CT molecular complexity index is 420. The van der Waals surface area contributed by atoms with Crippen LogP contribution < -0.4 is 0 Å². The molecule has 8 heteroatoms. The Morgan fingerprint density at radius 1 is 0.577 bits per heavy atom. The fourth-order valence-corrected chi connectivity index (χ4v) is 4.46. The first kappa shape index (κ1) is 27.1. The standard InChI is InChI=1S/C18H33N4O2P.ClH/c1-7-13-19(14-8-2)22(20(15-9-3)16-10-4)25(23,24)21(17-11-5)18-12-6;/h7-12,23-25H,1-6,13-18H2;1H. The fourth-order valence-electron chi connectivity index (χ4n) is 2.37. The summed E-state index contributed by atoms with van der Waals surface area (Å²) in [4.78, 5) is 23.9. The molecule has 0 aromatic carbocycles. The van der Waals surface area contributed by atoms with Gasteiger partial charge in [-0.3, -0.25) is 0 Å². The number of hydrazine groups is 2. The van der Waals surface area contributed by atoms with Crippen molar-refractivity contribution in [2.24, 2.45) is 0 Å². The molecule has 0 radical (unpaired) electrons. The smallest absolute Gasteiger partial charge is 0.147 e. The summed E-state index contributed by atoms with van der Waals surface area (Å²) < 4.78 is 1.56. The van der Waals surface area contributed by atoms with Crippen LogP contribution in [0.25, 0.3) is 0 Å². The van der Waals surface area contributed by atoms with Gasteiger partial charge in [-0.25, -0.2) is 0 Å². The molecule has 0 aliphatic carbocycles. The maximum absolute atomic E-state index is 11.2. The molecular weight excluding hydrogens is 371 g/mol. The van der Waals surface area contributed by atoms with Crippen molar-refractivity contribution >= 4 is 20.4 Å². The van der Waals surface area contributed by atoms with E-state index in [1.165, 1.54) is 4.89 Å². The van der Waals surface area contributed by atoms with Crippen molar-refractivity contribution in [1.29, 1.82) is 0 Å². The number of hydrogen-bond acceptors (Lipinski definition) is 6. The second-order valence-electron chi connectivity index (χ2n) is 5.27.